The molecule has 0 saturated carbocycles. The molecule has 4 nitrogen and oxygen atoms in total. The van der Waals surface area contributed by atoms with Crippen molar-refractivity contribution >= 4 is 34.0 Å². The van der Waals surface area contributed by atoms with Crippen molar-refractivity contribution in [1.82, 2.24) is 14.5 Å². The van der Waals surface area contributed by atoms with Gasteiger partial charge >= 0.3 is 0 Å². The van der Waals surface area contributed by atoms with Gasteiger partial charge in [-0.15, -0.1) is 22.9 Å². The Morgan fingerprint density at radius 2 is 2.32 bits per heavy atom. The lowest BCUT2D eigenvalue weighted by molar-refractivity contribution is -0.0589. The van der Waals surface area contributed by atoms with Crippen molar-refractivity contribution in [2.24, 2.45) is 0 Å². The molecule has 2 aromatic heterocycles. The van der Waals surface area contributed by atoms with E-state index in [9.17, 15) is 0 Å². The van der Waals surface area contributed by atoms with E-state index in [-0.39, 0.29) is 0 Å². The van der Waals surface area contributed by atoms with Crippen LogP contribution in [-0.4, -0.2) is 27.2 Å². The average molecular weight is 334 g/mol. The summed E-state index contributed by atoms with van der Waals surface area (Å²) in [5.41, 5.74) is 3.26. The van der Waals surface area contributed by atoms with E-state index in [1.807, 2.05) is 13.1 Å². The van der Waals surface area contributed by atoms with Crippen LogP contribution in [0, 0.1) is 6.92 Å². The van der Waals surface area contributed by atoms with Crippen LogP contribution < -0.4 is 0 Å². The number of benzene rings is 1. The summed E-state index contributed by atoms with van der Waals surface area (Å²) in [6, 6.07) is 6.38. The van der Waals surface area contributed by atoms with Crippen LogP contribution in [0.3, 0.4) is 0 Å². The lowest BCUT2D eigenvalue weighted by Crippen LogP contribution is -2.31. The quantitative estimate of drug-likeness (QED) is 0.678. The van der Waals surface area contributed by atoms with Crippen molar-refractivity contribution in [3.63, 3.8) is 0 Å². The molecule has 1 atom stereocenters. The van der Waals surface area contributed by atoms with E-state index in [2.05, 4.69) is 27.8 Å². The van der Waals surface area contributed by atoms with E-state index in [1.165, 1.54) is 4.88 Å². The maximum atomic E-state index is 6.08. The number of aryl methyl sites for hydroxylation is 1. The third-order valence-electron chi connectivity index (χ3n) is 4.03. The van der Waals surface area contributed by atoms with Gasteiger partial charge in [0.15, 0.2) is 0 Å². The Kier molecular flexibility index (Phi) is 3.64. The van der Waals surface area contributed by atoms with Gasteiger partial charge in [-0.1, -0.05) is 6.07 Å². The second kappa shape index (κ2) is 5.65. The van der Waals surface area contributed by atoms with E-state index in [1.54, 1.807) is 11.3 Å². The van der Waals surface area contributed by atoms with Crippen LogP contribution in [0.1, 0.15) is 17.3 Å². The van der Waals surface area contributed by atoms with Gasteiger partial charge in [-0.3, -0.25) is 0 Å². The van der Waals surface area contributed by atoms with Gasteiger partial charge in [-0.05, 0) is 31.0 Å². The standard InChI is InChI=1S/C16H16ClN3OS/c1-10-18-8-15(22-10)11-2-3-14-13(6-11)19-16(7-17)20(14)9-12-4-5-21-12/h2-3,6,8,12H,4-5,7,9H2,1H3/t12-/m0/s1. The molecule has 1 fully saturated rings. The van der Waals surface area contributed by atoms with Gasteiger partial charge < -0.3 is 9.30 Å². The second-order valence-electron chi connectivity index (χ2n) is 5.50. The largest absolute Gasteiger partial charge is 0.376 e. The zero-order valence-corrected chi connectivity index (χ0v) is 13.8. The highest BCUT2D eigenvalue weighted by Gasteiger charge is 2.21. The van der Waals surface area contributed by atoms with Crippen molar-refractivity contribution in [3.05, 3.63) is 35.2 Å². The van der Waals surface area contributed by atoms with Crippen LogP contribution in [0.4, 0.5) is 0 Å². The molecule has 1 saturated heterocycles. The Bertz CT molecular complexity index is 822. The van der Waals surface area contributed by atoms with Crippen molar-refractivity contribution in [2.75, 3.05) is 6.61 Å². The highest BCUT2D eigenvalue weighted by molar-refractivity contribution is 7.15. The molecule has 3 aromatic rings. The Morgan fingerprint density at radius 3 is 2.95 bits per heavy atom. The van der Waals surface area contributed by atoms with Gasteiger partial charge in [-0.25, -0.2) is 9.97 Å². The molecular formula is C16H16ClN3OS. The number of ether oxygens (including phenoxy) is 1. The number of nitrogens with zero attached hydrogens (tertiary/aromatic N) is 3. The van der Waals surface area contributed by atoms with Crippen LogP contribution in [-0.2, 0) is 17.2 Å². The Morgan fingerprint density at radius 1 is 1.45 bits per heavy atom. The molecule has 1 aliphatic rings. The number of fused-ring (bicyclic) bond motifs is 1. The van der Waals surface area contributed by atoms with Crippen molar-refractivity contribution in [2.45, 2.75) is 31.9 Å². The van der Waals surface area contributed by atoms with Gasteiger partial charge in [0.05, 0.1) is 39.4 Å². The maximum Gasteiger partial charge on any atom is 0.124 e. The van der Waals surface area contributed by atoms with Crippen molar-refractivity contribution < 1.29 is 4.74 Å². The summed E-state index contributed by atoms with van der Waals surface area (Å²) in [5, 5.41) is 1.07. The van der Waals surface area contributed by atoms with Crippen molar-refractivity contribution in [1.29, 1.82) is 0 Å². The summed E-state index contributed by atoms with van der Waals surface area (Å²) in [6.07, 6.45) is 3.32. The van der Waals surface area contributed by atoms with Gasteiger partial charge in [0.2, 0.25) is 0 Å². The summed E-state index contributed by atoms with van der Waals surface area (Å²) in [6.45, 7) is 3.71. The normalized spacial score (nSPS) is 17.8. The van der Waals surface area contributed by atoms with Crippen LogP contribution in [0.2, 0.25) is 0 Å². The van der Waals surface area contributed by atoms with Crippen LogP contribution in [0.5, 0.6) is 0 Å². The summed E-state index contributed by atoms with van der Waals surface area (Å²) >= 11 is 7.77. The first-order chi connectivity index (χ1) is 10.7. The molecule has 22 heavy (non-hydrogen) atoms. The third-order valence-corrected chi connectivity index (χ3v) is 5.23. The predicted octanol–water partition coefficient (Wildman–Crippen LogP) is 4.00. The number of hydrogen-bond acceptors (Lipinski definition) is 4. The number of hydrogen-bond donors (Lipinski definition) is 0. The summed E-state index contributed by atoms with van der Waals surface area (Å²) in [5.74, 6) is 1.32. The van der Waals surface area contributed by atoms with E-state index in [0.29, 0.717) is 12.0 Å². The first-order valence-electron chi connectivity index (χ1n) is 7.34. The van der Waals surface area contributed by atoms with E-state index in [4.69, 9.17) is 21.3 Å². The molecule has 1 aliphatic heterocycles. The molecule has 0 radical (unpaired) electrons. The minimum Gasteiger partial charge on any atom is -0.376 e. The van der Waals surface area contributed by atoms with E-state index in [0.717, 1.165) is 47.0 Å². The van der Waals surface area contributed by atoms with E-state index >= 15 is 0 Å². The molecular weight excluding hydrogens is 318 g/mol. The summed E-state index contributed by atoms with van der Waals surface area (Å²) in [4.78, 5) is 10.2. The summed E-state index contributed by atoms with van der Waals surface area (Å²) in [7, 11) is 0. The molecule has 0 N–H and O–H groups in total. The fourth-order valence-corrected chi connectivity index (χ4v) is 3.74. The SMILES string of the molecule is Cc1ncc(-c2ccc3c(c2)nc(CCl)n3C[C@@H]2CCO2)s1. The molecule has 114 valence electrons. The molecule has 0 amide bonds. The van der Waals surface area contributed by atoms with Gasteiger partial charge in [-0.2, -0.15) is 0 Å². The Balaban J connectivity index is 1.76. The molecule has 1 aromatic carbocycles. The van der Waals surface area contributed by atoms with Crippen molar-refractivity contribution in [3.8, 4) is 10.4 Å². The topological polar surface area (TPSA) is 39.9 Å². The Labute approximate surface area is 137 Å². The number of rotatable bonds is 4. The molecule has 6 heteroatoms. The first kappa shape index (κ1) is 14.2. The number of imidazole rings is 1. The Hall–Kier alpha value is -1.43. The first-order valence-corrected chi connectivity index (χ1v) is 8.69. The third kappa shape index (κ3) is 2.43. The minimum atomic E-state index is 0.295. The van der Waals surface area contributed by atoms with Crippen LogP contribution in [0.25, 0.3) is 21.5 Å². The predicted molar refractivity (Wildman–Crippen MR) is 89.5 cm³/mol. The molecule has 4 rings (SSSR count). The van der Waals surface area contributed by atoms with Crippen LogP contribution >= 0.6 is 22.9 Å². The summed E-state index contributed by atoms with van der Waals surface area (Å²) < 4.78 is 7.74. The smallest absolute Gasteiger partial charge is 0.124 e. The number of alkyl halides is 1. The number of aromatic nitrogens is 3. The number of halogens is 1. The highest BCUT2D eigenvalue weighted by Crippen LogP contribution is 2.30. The van der Waals surface area contributed by atoms with E-state index < -0.39 is 0 Å². The molecule has 0 unspecified atom stereocenters. The van der Waals surface area contributed by atoms with Gasteiger partial charge in [0.1, 0.15) is 5.82 Å². The molecule has 0 bridgehead atoms. The van der Waals surface area contributed by atoms with Gasteiger partial charge in [0, 0.05) is 12.8 Å². The molecule has 0 spiro atoms. The average Bonchev–Trinajstić information content (AvgIpc) is 3.05. The fraction of sp³-hybridized carbons (Fsp3) is 0.375. The fourth-order valence-electron chi connectivity index (χ4n) is 2.77. The number of thiazole rings is 1. The zero-order chi connectivity index (χ0) is 15.1. The highest BCUT2D eigenvalue weighted by atomic mass is 35.5. The second-order valence-corrected chi connectivity index (χ2v) is 7.00. The van der Waals surface area contributed by atoms with Crippen LogP contribution in [0.15, 0.2) is 24.4 Å². The lowest BCUT2D eigenvalue weighted by Gasteiger charge is -2.27. The molecule has 0 aliphatic carbocycles. The van der Waals surface area contributed by atoms with Gasteiger partial charge in [0.25, 0.3) is 0 Å². The maximum absolute atomic E-state index is 6.08. The lowest BCUT2D eigenvalue weighted by atomic mass is 10.1. The monoisotopic (exact) mass is 333 g/mol. The zero-order valence-electron chi connectivity index (χ0n) is 12.3. The minimum absolute atomic E-state index is 0.295. The molecule has 3 heterocycles.